The molecule has 2 aromatic carbocycles. The highest BCUT2D eigenvalue weighted by molar-refractivity contribution is 6.06. The monoisotopic (exact) mass is 343 g/mol. The zero-order valence-electron chi connectivity index (χ0n) is 13.9. The fourth-order valence-corrected chi connectivity index (χ4v) is 2.53. The van der Waals surface area contributed by atoms with Crippen LogP contribution in [0.5, 0.6) is 17.2 Å². The van der Waals surface area contributed by atoms with Gasteiger partial charge < -0.3 is 29.5 Å². The standard InChI is InChI=1S/C17H17N3O5/c1-23-13-7-10(8-14(24-2)15(13)25-3)18-16(21)9-4-5-11-12(6-9)20-17(22)19-11/h4-8H,1-3H3,(H,18,21)(H2,19,20,22). The van der Waals surface area contributed by atoms with Gasteiger partial charge in [0.05, 0.1) is 32.4 Å². The maximum atomic E-state index is 12.5. The molecule has 8 heteroatoms. The van der Waals surface area contributed by atoms with Crippen molar-refractivity contribution in [1.82, 2.24) is 9.97 Å². The van der Waals surface area contributed by atoms with Crippen LogP contribution in [0.1, 0.15) is 10.4 Å². The van der Waals surface area contributed by atoms with Gasteiger partial charge in [-0.1, -0.05) is 0 Å². The van der Waals surface area contributed by atoms with E-state index in [4.69, 9.17) is 14.2 Å². The predicted molar refractivity (Wildman–Crippen MR) is 93.0 cm³/mol. The normalized spacial score (nSPS) is 10.5. The Hall–Kier alpha value is -3.42. The third kappa shape index (κ3) is 3.14. The number of benzene rings is 2. The van der Waals surface area contributed by atoms with Crippen molar-refractivity contribution in [1.29, 1.82) is 0 Å². The van der Waals surface area contributed by atoms with E-state index in [1.54, 1.807) is 30.3 Å². The van der Waals surface area contributed by atoms with Gasteiger partial charge in [-0.25, -0.2) is 4.79 Å². The first kappa shape index (κ1) is 16.4. The molecule has 25 heavy (non-hydrogen) atoms. The van der Waals surface area contributed by atoms with Crippen LogP contribution in [0.4, 0.5) is 5.69 Å². The summed E-state index contributed by atoms with van der Waals surface area (Å²) in [5, 5.41) is 2.77. The van der Waals surface area contributed by atoms with Crippen molar-refractivity contribution in [3.8, 4) is 17.2 Å². The van der Waals surface area contributed by atoms with Gasteiger partial charge in [-0.15, -0.1) is 0 Å². The highest BCUT2D eigenvalue weighted by Gasteiger charge is 2.15. The summed E-state index contributed by atoms with van der Waals surface area (Å²) >= 11 is 0. The first-order valence-corrected chi connectivity index (χ1v) is 7.39. The molecule has 0 spiro atoms. The minimum absolute atomic E-state index is 0.322. The molecule has 3 aromatic rings. The number of nitrogens with one attached hydrogen (secondary N) is 3. The van der Waals surface area contributed by atoms with Crippen LogP contribution in [-0.2, 0) is 0 Å². The van der Waals surface area contributed by atoms with Crippen LogP contribution in [-0.4, -0.2) is 37.2 Å². The SMILES string of the molecule is COc1cc(NC(=O)c2ccc3[nH]c(=O)[nH]c3c2)cc(OC)c1OC. The Morgan fingerprint density at radius 2 is 1.56 bits per heavy atom. The number of rotatable bonds is 5. The van der Waals surface area contributed by atoms with Gasteiger partial charge in [0.2, 0.25) is 5.75 Å². The average Bonchev–Trinajstić information content (AvgIpc) is 2.99. The minimum atomic E-state index is -0.335. The molecule has 0 aliphatic carbocycles. The molecule has 0 aliphatic heterocycles. The number of methoxy groups -OCH3 is 3. The number of H-pyrrole nitrogens is 2. The van der Waals surface area contributed by atoms with Crippen molar-refractivity contribution >= 4 is 22.6 Å². The molecule has 3 N–H and O–H groups in total. The first-order valence-electron chi connectivity index (χ1n) is 7.39. The Bertz CT molecular complexity index is 964. The fraction of sp³-hybridized carbons (Fsp3) is 0.176. The molecule has 0 fully saturated rings. The van der Waals surface area contributed by atoms with E-state index in [1.165, 1.54) is 21.3 Å². The summed E-state index contributed by atoms with van der Waals surface area (Å²) in [5.74, 6) is 0.970. The van der Waals surface area contributed by atoms with Gasteiger partial charge in [-0.2, -0.15) is 0 Å². The lowest BCUT2D eigenvalue weighted by Gasteiger charge is -2.14. The van der Waals surface area contributed by atoms with E-state index in [-0.39, 0.29) is 11.6 Å². The molecule has 0 saturated heterocycles. The Labute approximate surface area is 142 Å². The predicted octanol–water partition coefficient (Wildman–Crippen LogP) is 2.13. The van der Waals surface area contributed by atoms with Gasteiger partial charge in [-0.3, -0.25) is 4.79 Å². The molecule has 8 nitrogen and oxygen atoms in total. The van der Waals surface area contributed by atoms with E-state index in [9.17, 15) is 9.59 Å². The smallest absolute Gasteiger partial charge is 0.323 e. The summed E-state index contributed by atoms with van der Waals surface area (Å²) in [6.07, 6.45) is 0. The second kappa shape index (κ2) is 6.60. The Kier molecular flexibility index (Phi) is 4.34. The quantitative estimate of drug-likeness (QED) is 0.658. The zero-order chi connectivity index (χ0) is 18.0. The number of ether oxygens (including phenoxy) is 3. The molecule has 0 aliphatic rings. The van der Waals surface area contributed by atoms with Crippen LogP contribution in [0.2, 0.25) is 0 Å². The largest absolute Gasteiger partial charge is 0.493 e. The maximum absolute atomic E-state index is 12.5. The third-order valence-corrected chi connectivity index (χ3v) is 3.70. The summed E-state index contributed by atoms with van der Waals surface area (Å²) in [6.45, 7) is 0. The summed E-state index contributed by atoms with van der Waals surface area (Å²) in [6, 6.07) is 8.16. The molecular weight excluding hydrogens is 326 g/mol. The Balaban J connectivity index is 1.92. The lowest BCUT2D eigenvalue weighted by molar-refractivity contribution is 0.102. The van der Waals surface area contributed by atoms with Crippen molar-refractivity contribution in [2.75, 3.05) is 26.6 Å². The molecule has 1 amide bonds. The number of carbonyl (C=O) groups is 1. The fourth-order valence-electron chi connectivity index (χ4n) is 2.53. The Morgan fingerprint density at radius 1 is 0.920 bits per heavy atom. The summed E-state index contributed by atoms with van der Waals surface area (Å²) in [4.78, 5) is 29.1. The van der Waals surface area contributed by atoms with Crippen molar-refractivity contribution in [2.45, 2.75) is 0 Å². The molecule has 0 radical (unpaired) electrons. The number of hydrogen-bond donors (Lipinski definition) is 3. The van der Waals surface area contributed by atoms with Crippen molar-refractivity contribution in [3.63, 3.8) is 0 Å². The number of amides is 1. The van der Waals surface area contributed by atoms with E-state index < -0.39 is 0 Å². The number of carbonyl (C=O) groups excluding carboxylic acids is 1. The number of fused-ring (bicyclic) bond motifs is 1. The molecule has 0 atom stereocenters. The van der Waals surface area contributed by atoms with Gasteiger partial charge in [-0.05, 0) is 18.2 Å². The van der Waals surface area contributed by atoms with Gasteiger partial charge in [0.15, 0.2) is 11.5 Å². The van der Waals surface area contributed by atoms with Crippen molar-refractivity contribution in [2.24, 2.45) is 0 Å². The van der Waals surface area contributed by atoms with Crippen LogP contribution in [0.15, 0.2) is 35.1 Å². The number of imidazole rings is 1. The van der Waals surface area contributed by atoms with Gasteiger partial charge in [0, 0.05) is 23.4 Å². The zero-order valence-corrected chi connectivity index (χ0v) is 13.9. The lowest BCUT2D eigenvalue weighted by atomic mass is 10.1. The molecule has 3 rings (SSSR count). The molecule has 0 bridgehead atoms. The third-order valence-electron chi connectivity index (χ3n) is 3.70. The molecular formula is C17H17N3O5. The molecule has 130 valence electrons. The maximum Gasteiger partial charge on any atom is 0.323 e. The summed E-state index contributed by atoms with van der Waals surface area (Å²) in [5.41, 5.74) is 1.76. The molecule has 1 heterocycles. The van der Waals surface area contributed by atoms with Crippen LogP contribution in [0.25, 0.3) is 11.0 Å². The van der Waals surface area contributed by atoms with Gasteiger partial charge >= 0.3 is 5.69 Å². The van der Waals surface area contributed by atoms with Crippen molar-refractivity contribution in [3.05, 3.63) is 46.4 Å². The first-order chi connectivity index (χ1) is 12.0. The van der Waals surface area contributed by atoms with Crippen LogP contribution >= 0.6 is 0 Å². The highest BCUT2D eigenvalue weighted by Crippen LogP contribution is 2.40. The van der Waals surface area contributed by atoms with Crippen LogP contribution < -0.4 is 25.2 Å². The highest BCUT2D eigenvalue weighted by atomic mass is 16.5. The van der Waals surface area contributed by atoms with E-state index >= 15 is 0 Å². The lowest BCUT2D eigenvalue weighted by Crippen LogP contribution is -2.12. The Morgan fingerprint density at radius 3 is 2.16 bits per heavy atom. The number of aromatic amines is 2. The van der Waals surface area contributed by atoms with E-state index in [0.29, 0.717) is 39.5 Å². The number of hydrogen-bond acceptors (Lipinski definition) is 5. The number of aromatic nitrogens is 2. The van der Waals surface area contributed by atoms with Gasteiger partial charge in [0.25, 0.3) is 5.91 Å². The summed E-state index contributed by atoms with van der Waals surface area (Å²) in [7, 11) is 4.50. The second-order valence-corrected chi connectivity index (χ2v) is 5.21. The molecule has 1 aromatic heterocycles. The topological polar surface area (TPSA) is 105 Å². The number of anilines is 1. The van der Waals surface area contributed by atoms with E-state index in [0.717, 1.165) is 0 Å². The summed E-state index contributed by atoms with van der Waals surface area (Å²) < 4.78 is 15.8. The van der Waals surface area contributed by atoms with Crippen LogP contribution in [0, 0.1) is 0 Å². The second-order valence-electron chi connectivity index (χ2n) is 5.21. The minimum Gasteiger partial charge on any atom is -0.493 e. The van der Waals surface area contributed by atoms with Crippen molar-refractivity contribution < 1.29 is 19.0 Å². The molecule has 0 unspecified atom stereocenters. The van der Waals surface area contributed by atoms with Crippen LogP contribution in [0.3, 0.4) is 0 Å². The van der Waals surface area contributed by atoms with E-state index in [1.807, 2.05) is 0 Å². The van der Waals surface area contributed by atoms with Gasteiger partial charge in [0.1, 0.15) is 0 Å². The average molecular weight is 343 g/mol. The van der Waals surface area contributed by atoms with E-state index in [2.05, 4.69) is 15.3 Å². The molecule has 0 saturated carbocycles.